The fraction of sp³-hybridized carbons (Fsp3) is 0.263. The van der Waals surface area contributed by atoms with E-state index in [0.717, 1.165) is 47.1 Å². The van der Waals surface area contributed by atoms with Gasteiger partial charge in [0.1, 0.15) is 12.1 Å². The Labute approximate surface area is 166 Å². The van der Waals surface area contributed by atoms with Crippen LogP contribution >= 0.6 is 15.9 Å². The predicted molar refractivity (Wildman–Crippen MR) is 109 cm³/mol. The van der Waals surface area contributed by atoms with Gasteiger partial charge in [-0.2, -0.15) is 0 Å². The molecule has 0 spiro atoms. The quantitative estimate of drug-likeness (QED) is 0.664. The van der Waals surface area contributed by atoms with Crippen LogP contribution in [0.4, 0.5) is 5.82 Å². The summed E-state index contributed by atoms with van der Waals surface area (Å²) in [6, 6.07) is 14.4. The Hall–Kier alpha value is -2.03. The molecule has 3 aromatic rings. The molecule has 1 saturated heterocycles. The van der Waals surface area contributed by atoms with Crippen molar-refractivity contribution in [2.45, 2.75) is 23.8 Å². The summed E-state index contributed by atoms with van der Waals surface area (Å²) >= 11 is 3.50. The lowest BCUT2D eigenvalue weighted by molar-refractivity contribution is 0.459. The second-order valence-corrected chi connectivity index (χ2v) is 9.18. The third-order valence-electron chi connectivity index (χ3n) is 4.75. The van der Waals surface area contributed by atoms with Gasteiger partial charge in [0.05, 0.1) is 10.4 Å². The molecule has 0 radical (unpaired) electrons. The van der Waals surface area contributed by atoms with E-state index in [9.17, 15) is 8.42 Å². The van der Waals surface area contributed by atoms with Gasteiger partial charge >= 0.3 is 0 Å². The smallest absolute Gasteiger partial charge is 0.240 e. The molecule has 0 amide bonds. The zero-order valence-electron chi connectivity index (χ0n) is 14.5. The SMILES string of the molecule is O=S(=O)(NC1CCN(c2ncnc3ccc(Br)cc23)CC1)c1ccccc1. The third-order valence-corrected chi connectivity index (χ3v) is 6.78. The van der Waals surface area contributed by atoms with E-state index in [1.807, 2.05) is 24.3 Å². The lowest BCUT2D eigenvalue weighted by Crippen LogP contribution is -2.44. The van der Waals surface area contributed by atoms with Crippen molar-refractivity contribution in [1.82, 2.24) is 14.7 Å². The van der Waals surface area contributed by atoms with Crippen molar-refractivity contribution in [3.05, 3.63) is 59.3 Å². The summed E-state index contributed by atoms with van der Waals surface area (Å²) in [6.07, 6.45) is 3.03. The van der Waals surface area contributed by atoms with Gasteiger partial charge in [-0.05, 0) is 43.2 Å². The molecule has 1 aliphatic heterocycles. The Kier molecular flexibility index (Phi) is 5.12. The molecule has 6 nitrogen and oxygen atoms in total. The number of nitrogens with zero attached hydrogens (tertiary/aromatic N) is 3. The molecule has 4 rings (SSSR count). The number of sulfonamides is 1. The first-order valence-corrected chi connectivity index (χ1v) is 11.0. The molecular formula is C19H19BrN4O2S. The zero-order chi connectivity index (χ0) is 18.9. The van der Waals surface area contributed by atoms with Crippen molar-refractivity contribution >= 4 is 42.7 Å². The molecule has 2 heterocycles. The maximum Gasteiger partial charge on any atom is 0.240 e. The largest absolute Gasteiger partial charge is 0.356 e. The molecule has 1 aromatic heterocycles. The Bertz CT molecular complexity index is 1050. The Morgan fingerprint density at radius 1 is 1.04 bits per heavy atom. The molecule has 1 aliphatic rings. The zero-order valence-corrected chi connectivity index (χ0v) is 16.9. The molecule has 8 heteroatoms. The molecule has 0 atom stereocenters. The van der Waals surface area contributed by atoms with E-state index in [1.165, 1.54) is 0 Å². The van der Waals surface area contributed by atoms with E-state index in [1.54, 1.807) is 30.6 Å². The van der Waals surface area contributed by atoms with Crippen LogP contribution in [0.2, 0.25) is 0 Å². The first-order chi connectivity index (χ1) is 13.0. The van der Waals surface area contributed by atoms with Gasteiger partial charge in [-0.1, -0.05) is 34.1 Å². The van der Waals surface area contributed by atoms with Crippen molar-refractivity contribution in [1.29, 1.82) is 0 Å². The van der Waals surface area contributed by atoms with E-state index in [0.29, 0.717) is 4.90 Å². The molecule has 0 aliphatic carbocycles. The van der Waals surface area contributed by atoms with Crippen LogP contribution in [0.1, 0.15) is 12.8 Å². The van der Waals surface area contributed by atoms with Crippen molar-refractivity contribution in [3.63, 3.8) is 0 Å². The number of anilines is 1. The van der Waals surface area contributed by atoms with Gasteiger partial charge < -0.3 is 4.90 Å². The number of benzene rings is 2. The van der Waals surface area contributed by atoms with Crippen LogP contribution in [0.3, 0.4) is 0 Å². The Morgan fingerprint density at radius 3 is 2.52 bits per heavy atom. The van der Waals surface area contributed by atoms with E-state index >= 15 is 0 Å². The van der Waals surface area contributed by atoms with Crippen LogP contribution in [0, 0.1) is 0 Å². The molecule has 0 bridgehead atoms. The lowest BCUT2D eigenvalue weighted by Gasteiger charge is -2.33. The van der Waals surface area contributed by atoms with Gasteiger partial charge in [0.15, 0.2) is 0 Å². The standard InChI is InChI=1S/C19H19BrN4O2S/c20-14-6-7-18-17(12-14)19(22-13-21-18)24-10-8-15(9-11-24)23-27(25,26)16-4-2-1-3-5-16/h1-7,12-13,15,23H,8-11H2. The van der Waals surface area contributed by atoms with Crippen LogP contribution in [-0.2, 0) is 10.0 Å². The van der Waals surface area contributed by atoms with Gasteiger partial charge in [0.25, 0.3) is 0 Å². The van der Waals surface area contributed by atoms with Gasteiger partial charge in [0, 0.05) is 29.0 Å². The maximum atomic E-state index is 12.5. The molecule has 1 fully saturated rings. The molecule has 1 N–H and O–H groups in total. The van der Waals surface area contributed by atoms with Crippen LogP contribution in [-0.4, -0.2) is 37.5 Å². The molecule has 2 aromatic carbocycles. The maximum absolute atomic E-state index is 12.5. The topological polar surface area (TPSA) is 75.2 Å². The van der Waals surface area contributed by atoms with Crippen LogP contribution in [0.5, 0.6) is 0 Å². The van der Waals surface area contributed by atoms with Crippen LogP contribution < -0.4 is 9.62 Å². The van der Waals surface area contributed by atoms with Crippen LogP contribution in [0.15, 0.2) is 64.2 Å². The van der Waals surface area contributed by atoms with Crippen molar-refractivity contribution in [2.24, 2.45) is 0 Å². The number of fused-ring (bicyclic) bond motifs is 1. The second kappa shape index (κ2) is 7.53. The van der Waals surface area contributed by atoms with Gasteiger partial charge in [-0.25, -0.2) is 23.1 Å². The summed E-state index contributed by atoms with van der Waals surface area (Å²) in [7, 11) is -3.48. The van der Waals surface area contributed by atoms with Crippen molar-refractivity contribution in [2.75, 3.05) is 18.0 Å². The fourth-order valence-corrected chi connectivity index (χ4v) is 5.05. The summed E-state index contributed by atoms with van der Waals surface area (Å²) < 4.78 is 28.8. The highest BCUT2D eigenvalue weighted by Gasteiger charge is 2.26. The van der Waals surface area contributed by atoms with Gasteiger partial charge in [-0.3, -0.25) is 0 Å². The minimum absolute atomic E-state index is 0.0775. The minimum atomic E-state index is -3.48. The number of aromatic nitrogens is 2. The van der Waals surface area contributed by atoms with E-state index in [2.05, 4.69) is 35.5 Å². The molecule has 140 valence electrons. The normalized spacial score (nSPS) is 16.0. The Morgan fingerprint density at radius 2 is 1.78 bits per heavy atom. The number of halogens is 1. The highest BCUT2D eigenvalue weighted by Crippen LogP contribution is 2.28. The summed E-state index contributed by atoms with van der Waals surface area (Å²) in [5.41, 5.74) is 0.898. The second-order valence-electron chi connectivity index (χ2n) is 6.55. The highest BCUT2D eigenvalue weighted by atomic mass is 79.9. The van der Waals surface area contributed by atoms with Gasteiger partial charge in [-0.15, -0.1) is 0 Å². The average Bonchev–Trinajstić information content (AvgIpc) is 2.68. The van der Waals surface area contributed by atoms with Crippen molar-refractivity contribution < 1.29 is 8.42 Å². The fourth-order valence-electron chi connectivity index (χ4n) is 3.36. The number of hydrogen-bond acceptors (Lipinski definition) is 5. The highest BCUT2D eigenvalue weighted by molar-refractivity contribution is 9.10. The number of hydrogen-bond donors (Lipinski definition) is 1. The first-order valence-electron chi connectivity index (χ1n) is 8.75. The third kappa shape index (κ3) is 3.97. The van der Waals surface area contributed by atoms with E-state index in [-0.39, 0.29) is 6.04 Å². The van der Waals surface area contributed by atoms with E-state index in [4.69, 9.17) is 0 Å². The minimum Gasteiger partial charge on any atom is -0.356 e. The summed E-state index contributed by atoms with van der Waals surface area (Å²) in [5.74, 6) is 0.894. The summed E-state index contributed by atoms with van der Waals surface area (Å²) in [4.78, 5) is 11.3. The first kappa shape index (κ1) is 18.3. The molecular weight excluding hydrogens is 428 g/mol. The molecule has 0 saturated carbocycles. The predicted octanol–water partition coefficient (Wildman–Crippen LogP) is 3.34. The number of piperidine rings is 1. The Balaban J connectivity index is 1.48. The molecule has 0 unspecified atom stereocenters. The number of rotatable bonds is 4. The van der Waals surface area contributed by atoms with E-state index < -0.39 is 10.0 Å². The monoisotopic (exact) mass is 446 g/mol. The van der Waals surface area contributed by atoms with Gasteiger partial charge in [0.2, 0.25) is 10.0 Å². The van der Waals surface area contributed by atoms with Crippen LogP contribution in [0.25, 0.3) is 10.9 Å². The average molecular weight is 447 g/mol. The summed E-state index contributed by atoms with van der Waals surface area (Å²) in [6.45, 7) is 1.47. The summed E-state index contributed by atoms with van der Waals surface area (Å²) in [5, 5.41) is 0.996. The number of nitrogens with one attached hydrogen (secondary N) is 1. The lowest BCUT2D eigenvalue weighted by atomic mass is 10.1. The van der Waals surface area contributed by atoms with Crippen molar-refractivity contribution in [3.8, 4) is 0 Å². The molecule has 27 heavy (non-hydrogen) atoms.